The molecule has 1 atom stereocenters. The zero-order chi connectivity index (χ0) is 22.1. The van der Waals surface area contributed by atoms with Gasteiger partial charge in [-0.1, -0.05) is 13.0 Å². The van der Waals surface area contributed by atoms with Crippen molar-refractivity contribution in [1.82, 2.24) is 4.90 Å². The molecule has 0 aliphatic carbocycles. The lowest BCUT2D eigenvalue weighted by molar-refractivity contribution is -0.139. The molecule has 1 unspecified atom stereocenters. The molecule has 1 N–H and O–H groups in total. The Labute approximate surface area is 178 Å². The number of likely N-dealkylation sites (tertiary alicyclic amines) is 1. The van der Waals surface area contributed by atoms with E-state index in [2.05, 4.69) is 0 Å². The van der Waals surface area contributed by atoms with Crippen molar-refractivity contribution < 1.29 is 33.3 Å². The van der Waals surface area contributed by atoms with Crippen LogP contribution in [0.4, 0.5) is 4.39 Å². The summed E-state index contributed by atoms with van der Waals surface area (Å²) >= 11 is 0. The van der Waals surface area contributed by atoms with Gasteiger partial charge in [-0.15, -0.1) is 0 Å². The number of ketones is 1. The van der Waals surface area contributed by atoms with E-state index in [0.717, 1.165) is 6.07 Å². The lowest BCUT2D eigenvalue weighted by Gasteiger charge is -2.26. The standard InChI is InChI=1S/C23H22FNO6/c1-3-8-25-20(13-4-6-17-18(11-13)31-10-9-30-17)19(22(27)23(25)28)21(26)15-12-14(24)5-7-16(15)29-2/h4-7,11-12,20,26H,3,8-10H2,1-2H3/b21-19+. The monoisotopic (exact) mass is 427 g/mol. The quantitative estimate of drug-likeness (QED) is 0.447. The number of ether oxygens (including phenoxy) is 3. The van der Waals surface area contributed by atoms with Crippen molar-refractivity contribution in [2.45, 2.75) is 19.4 Å². The van der Waals surface area contributed by atoms with Gasteiger partial charge in [-0.3, -0.25) is 9.59 Å². The highest BCUT2D eigenvalue weighted by atomic mass is 19.1. The van der Waals surface area contributed by atoms with Gasteiger partial charge in [0.1, 0.15) is 30.5 Å². The SMILES string of the molecule is CCCN1C(=O)C(=O)/C(=C(/O)c2cc(F)ccc2OC)C1c1ccc2c(c1)OCCO2. The summed E-state index contributed by atoms with van der Waals surface area (Å²) in [4.78, 5) is 27.2. The Morgan fingerprint density at radius 2 is 1.90 bits per heavy atom. The van der Waals surface area contributed by atoms with E-state index >= 15 is 0 Å². The fourth-order valence-electron chi connectivity index (χ4n) is 3.94. The minimum Gasteiger partial charge on any atom is -0.507 e. The molecule has 1 fully saturated rings. The predicted molar refractivity (Wildman–Crippen MR) is 110 cm³/mol. The molecule has 162 valence electrons. The van der Waals surface area contributed by atoms with Gasteiger partial charge in [0.05, 0.1) is 24.3 Å². The van der Waals surface area contributed by atoms with Gasteiger partial charge in [0, 0.05) is 6.54 Å². The van der Waals surface area contributed by atoms with Gasteiger partial charge in [-0.25, -0.2) is 4.39 Å². The summed E-state index contributed by atoms with van der Waals surface area (Å²) in [5.74, 6) is -1.42. The first-order chi connectivity index (χ1) is 15.0. The van der Waals surface area contributed by atoms with Gasteiger partial charge in [-0.2, -0.15) is 0 Å². The van der Waals surface area contributed by atoms with Crippen LogP contribution in [0.3, 0.4) is 0 Å². The van der Waals surface area contributed by atoms with Gasteiger partial charge in [-0.05, 0) is 42.3 Å². The maximum atomic E-state index is 13.9. The van der Waals surface area contributed by atoms with Crippen LogP contribution in [0.2, 0.25) is 0 Å². The van der Waals surface area contributed by atoms with Crippen LogP contribution in [0.15, 0.2) is 42.0 Å². The maximum Gasteiger partial charge on any atom is 0.295 e. The number of nitrogens with zero attached hydrogens (tertiary/aromatic N) is 1. The number of carbonyl (C=O) groups is 2. The molecule has 2 aromatic carbocycles. The molecule has 0 bridgehead atoms. The van der Waals surface area contributed by atoms with E-state index in [9.17, 15) is 19.1 Å². The zero-order valence-electron chi connectivity index (χ0n) is 17.2. The second kappa shape index (κ2) is 8.29. The van der Waals surface area contributed by atoms with E-state index < -0.39 is 29.3 Å². The number of methoxy groups -OCH3 is 1. The molecule has 0 radical (unpaired) electrons. The number of aliphatic hydroxyl groups excluding tert-OH is 1. The molecule has 2 aliphatic rings. The van der Waals surface area contributed by atoms with Crippen LogP contribution < -0.4 is 14.2 Å². The first kappa shape index (κ1) is 20.7. The minimum absolute atomic E-state index is 0.000424. The number of benzene rings is 2. The largest absolute Gasteiger partial charge is 0.507 e. The predicted octanol–water partition coefficient (Wildman–Crippen LogP) is 3.44. The zero-order valence-corrected chi connectivity index (χ0v) is 17.2. The Kier molecular flexibility index (Phi) is 5.54. The number of aliphatic hydroxyl groups is 1. The third kappa shape index (κ3) is 3.58. The Balaban J connectivity index is 1.91. The highest BCUT2D eigenvalue weighted by Gasteiger charge is 2.46. The van der Waals surface area contributed by atoms with E-state index in [4.69, 9.17) is 14.2 Å². The molecular formula is C23H22FNO6. The second-order valence-corrected chi connectivity index (χ2v) is 7.24. The molecular weight excluding hydrogens is 405 g/mol. The summed E-state index contributed by atoms with van der Waals surface area (Å²) < 4.78 is 30.4. The summed E-state index contributed by atoms with van der Waals surface area (Å²) in [6.07, 6.45) is 0.609. The molecule has 1 amide bonds. The number of carbonyl (C=O) groups excluding carboxylic acids is 2. The van der Waals surface area contributed by atoms with Crippen LogP contribution in [0.25, 0.3) is 5.76 Å². The molecule has 4 rings (SSSR count). The normalized spacial score (nSPS) is 19.6. The van der Waals surface area contributed by atoms with Gasteiger partial charge in [0.25, 0.3) is 11.7 Å². The molecule has 0 spiro atoms. The van der Waals surface area contributed by atoms with Gasteiger partial charge < -0.3 is 24.2 Å². The van der Waals surface area contributed by atoms with Gasteiger partial charge in [0.15, 0.2) is 11.5 Å². The van der Waals surface area contributed by atoms with Crippen LogP contribution >= 0.6 is 0 Å². The third-order valence-corrected chi connectivity index (χ3v) is 5.30. The Morgan fingerprint density at radius 1 is 1.16 bits per heavy atom. The summed E-state index contributed by atoms with van der Waals surface area (Å²) in [5.41, 5.74) is 0.451. The molecule has 31 heavy (non-hydrogen) atoms. The molecule has 7 nitrogen and oxygen atoms in total. The molecule has 2 aromatic rings. The second-order valence-electron chi connectivity index (χ2n) is 7.24. The Hall–Kier alpha value is -3.55. The van der Waals surface area contributed by atoms with Crippen molar-refractivity contribution in [1.29, 1.82) is 0 Å². The smallest absolute Gasteiger partial charge is 0.295 e. The van der Waals surface area contributed by atoms with Crippen molar-refractivity contribution in [3.63, 3.8) is 0 Å². The van der Waals surface area contributed by atoms with Gasteiger partial charge in [0.2, 0.25) is 0 Å². The maximum absolute atomic E-state index is 13.9. The molecule has 0 aromatic heterocycles. The van der Waals surface area contributed by atoms with E-state index in [1.54, 1.807) is 18.2 Å². The summed E-state index contributed by atoms with van der Waals surface area (Å²) in [7, 11) is 1.37. The third-order valence-electron chi connectivity index (χ3n) is 5.30. The Morgan fingerprint density at radius 3 is 2.61 bits per heavy atom. The van der Waals surface area contributed by atoms with E-state index in [1.165, 1.54) is 24.1 Å². The number of amides is 1. The highest BCUT2D eigenvalue weighted by molar-refractivity contribution is 6.46. The van der Waals surface area contributed by atoms with Crippen LogP contribution in [0.1, 0.15) is 30.5 Å². The highest BCUT2D eigenvalue weighted by Crippen LogP contribution is 2.43. The van der Waals surface area contributed by atoms with E-state index in [-0.39, 0.29) is 16.9 Å². The summed E-state index contributed by atoms with van der Waals surface area (Å²) in [5, 5.41) is 11.1. The van der Waals surface area contributed by atoms with Crippen molar-refractivity contribution in [3.05, 3.63) is 58.9 Å². The lowest BCUT2D eigenvalue weighted by atomic mass is 9.94. The first-order valence-electron chi connectivity index (χ1n) is 9.98. The fourth-order valence-corrected chi connectivity index (χ4v) is 3.94. The van der Waals surface area contributed by atoms with E-state index in [1.807, 2.05) is 6.92 Å². The Bertz CT molecular complexity index is 1080. The van der Waals surface area contributed by atoms with Gasteiger partial charge >= 0.3 is 0 Å². The van der Waals surface area contributed by atoms with Crippen LogP contribution in [-0.2, 0) is 9.59 Å². The topological polar surface area (TPSA) is 85.3 Å². The summed E-state index contributed by atoms with van der Waals surface area (Å²) in [6.45, 7) is 3.00. The lowest BCUT2D eigenvalue weighted by Crippen LogP contribution is -2.30. The number of hydrogen-bond donors (Lipinski definition) is 1. The number of Topliss-reactive ketones (excluding diaryl/α,β-unsaturated/α-hetero) is 1. The average Bonchev–Trinajstić information content (AvgIpc) is 3.03. The summed E-state index contributed by atoms with van der Waals surface area (Å²) in [6, 6.07) is 7.88. The number of fused-ring (bicyclic) bond motifs is 1. The number of rotatable bonds is 5. The molecule has 0 saturated carbocycles. The van der Waals surface area contributed by atoms with Crippen molar-refractivity contribution >= 4 is 17.4 Å². The molecule has 1 saturated heterocycles. The fraction of sp³-hybridized carbons (Fsp3) is 0.304. The minimum atomic E-state index is -0.858. The van der Waals surface area contributed by atoms with Crippen LogP contribution in [0, 0.1) is 5.82 Å². The molecule has 2 heterocycles. The van der Waals surface area contributed by atoms with Crippen LogP contribution in [0.5, 0.6) is 17.2 Å². The van der Waals surface area contributed by atoms with E-state index in [0.29, 0.717) is 43.2 Å². The average molecular weight is 427 g/mol. The van der Waals surface area contributed by atoms with Crippen molar-refractivity contribution in [2.24, 2.45) is 0 Å². The first-order valence-corrected chi connectivity index (χ1v) is 9.98. The number of hydrogen-bond acceptors (Lipinski definition) is 6. The molecule has 2 aliphatic heterocycles. The molecule has 8 heteroatoms. The number of halogens is 1. The van der Waals surface area contributed by atoms with Crippen molar-refractivity contribution in [2.75, 3.05) is 26.9 Å². The van der Waals surface area contributed by atoms with Crippen LogP contribution in [-0.4, -0.2) is 48.6 Å². The van der Waals surface area contributed by atoms with Crippen molar-refractivity contribution in [3.8, 4) is 17.2 Å².